The summed E-state index contributed by atoms with van der Waals surface area (Å²) in [4.78, 5) is 0. The van der Waals surface area contributed by atoms with Gasteiger partial charge in [-0.2, -0.15) is 0 Å². The average molecular weight is 234 g/mol. The largest absolute Gasteiger partial charge is 0.205 e. The summed E-state index contributed by atoms with van der Waals surface area (Å²) in [5.41, 5.74) is 3.07. The summed E-state index contributed by atoms with van der Waals surface area (Å²) in [6.45, 7) is 2.09. The average Bonchev–Trinajstić information content (AvgIpc) is 2.33. The maximum atomic E-state index is 13.0. The summed E-state index contributed by atoms with van der Waals surface area (Å²) in [6.07, 6.45) is 0.969. The van der Waals surface area contributed by atoms with E-state index in [1.807, 2.05) is 18.2 Å². The van der Waals surface area contributed by atoms with E-state index in [1.165, 1.54) is 11.6 Å². The molecule has 2 aromatic carbocycles. The first-order valence-electron chi connectivity index (χ1n) is 5.16. The van der Waals surface area contributed by atoms with Crippen LogP contribution in [0.2, 0.25) is 5.02 Å². The highest BCUT2D eigenvalue weighted by Crippen LogP contribution is 2.25. The van der Waals surface area contributed by atoms with E-state index in [0.29, 0.717) is 0 Å². The second kappa shape index (κ2) is 4.67. The van der Waals surface area contributed by atoms with Crippen molar-refractivity contribution in [3.05, 3.63) is 58.9 Å². The normalized spacial score (nSPS) is 10.4. The predicted octanol–water partition coefficient (Wildman–Crippen LogP) is 4.51. The third kappa shape index (κ3) is 2.25. The van der Waals surface area contributed by atoms with Gasteiger partial charge < -0.3 is 0 Å². The Morgan fingerprint density at radius 3 is 2.75 bits per heavy atom. The lowest BCUT2D eigenvalue weighted by molar-refractivity contribution is 0.628. The smallest absolute Gasteiger partial charge is 0.141 e. The minimum absolute atomic E-state index is 0.146. The van der Waals surface area contributed by atoms with E-state index in [1.54, 1.807) is 12.1 Å². The molecule has 0 aliphatic carbocycles. The molecule has 0 heterocycles. The van der Waals surface area contributed by atoms with Crippen molar-refractivity contribution in [1.82, 2.24) is 0 Å². The molecule has 2 rings (SSSR count). The molecule has 0 aliphatic heterocycles. The number of rotatable bonds is 2. The SMILES string of the molecule is CCc1cc[c]c(-c2ccc(F)c(Cl)c2)c1. The molecule has 0 amide bonds. The Labute approximate surface area is 99.7 Å². The highest BCUT2D eigenvalue weighted by molar-refractivity contribution is 6.31. The van der Waals surface area contributed by atoms with Gasteiger partial charge in [-0.05, 0) is 41.3 Å². The van der Waals surface area contributed by atoms with Crippen LogP contribution in [0.5, 0.6) is 0 Å². The number of halogens is 2. The predicted molar refractivity (Wildman–Crippen MR) is 65.1 cm³/mol. The molecule has 0 atom stereocenters. The van der Waals surface area contributed by atoms with Gasteiger partial charge in [-0.3, -0.25) is 0 Å². The monoisotopic (exact) mass is 233 g/mol. The first kappa shape index (κ1) is 11.2. The van der Waals surface area contributed by atoms with Crippen LogP contribution in [-0.2, 0) is 6.42 Å². The van der Waals surface area contributed by atoms with Crippen LogP contribution in [0.3, 0.4) is 0 Å². The first-order valence-corrected chi connectivity index (χ1v) is 5.54. The third-order valence-electron chi connectivity index (χ3n) is 2.50. The fourth-order valence-electron chi connectivity index (χ4n) is 1.56. The maximum Gasteiger partial charge on any atom is 0.141 e. The number of aryl methyl sites for hydroxylation is 1. The van der Waals surface area contributed by atoms with Crippen molar-refractivity contribution in [3.8, 4) is 11.1 Å². The van der Waals surface area contributed by atoms with Crippen LogP contribution >= 0.6 is 11.6 Å². The number of hydrogen-bond acceptors (Lipinski definition) is 0. The molecule has 2 heteroatoms. The Morgan fingerprint density at radius 1 is 1.25 bits per heavy atom. The van der Waals surface area contributed by atoms with E-state index in [0.717, 1.165) is 17.5 Å². The topological polar surface area (TPSA) is 0 Å². The van der Waals surface area contributed by atoms with Crippen molar-refractivity contribution in [2.45, 2.75) is 13.3 Å². The van der Waals surface area contributed by atoms with E-state index >= 15 is 0 Å². The second-order valence-electron chi connectivity index (χ2n) is 3.59. The lowest BCUT2D eigenvalue weighted by atomic mass is 10.0. The van der Waals surface area contributed by atoms with Crippen LogP contribution < -0.4 is 0 Å². The molecule has 81 valence electrons. The highest BCUT2D eigenvalue weighted by Gasteiger charge is 2.03. The molecule has 0 aliphatic rings. The summed E-state index contributed by atoms with van der Waals surface area (Å²) in [6, 6.07) is 13.8. The molecule has 0 unspecified atom stereocenters. The molecule has 0 spiro atoms. The minimum atomic E-state index is -0.392. The molecule has 0 saturated carbocycles. The van der Waals surface area contributed by atoms with Gasteiger partial charge in [0.25, 0.3) is 0 Å². The highest BCUT2D eigenvalue weighted by atomic mass is 35.5. The third-order valence-corrected chi connectivity index (χ3v) is 2.79. The molecule has 0 aromatic heterocycles. The summed E-state index contributed by atoms with van der Waals surface area (Å²) in [5, 5.41) is 0.146. The molecule has 0 N–H and O–H groups in total. The molecule has 0 bridgehead atoms. The number of benzene rings is 2. The van der Waals surface area contributed by atoms with E-state index in [4.69, 9.17) is 11.6 Å². The van der Waals surface area contributed by atoms with E-state index in [9.17, 15) is 4.39 Å². The Hall–Kier alpha value is -1.34. The van der Waals surface area contributed by atoms with Crippen LogP contribution in [0.15, 0.2) is 36.4 Å². The van der Waals surface area contributed by atoms with Gasteiger partial charge in [-0.1, -0.05) is 42.8 Å². The van der Waals surface area contributed by atoms with E-state index in [2.05, 4.69) is 13.0 Å². The quantitative estimate of drug-likeness (QED) is 0.716. The molecule has 0 fully saturated rings. The fraction of sp³-hybridized carbons (Fsp3) is 0.143. The Bertz CT molecular complexity index is 506. The molecule has 1 radical (unpaired) electrons. The van der Waals surface area contributed by atoms with Crippen molar-refractivity contribution in [1.29, 1.82) is 0 Å². The van der Waals surface area contributed by atoms with Gasteiger partial charge in [-0.15, -0.1) is 0 Å². The summed E-state index contributed by atoms with van der Waals surface area (Å²) in [7, 11) is 0. The van der Waals surface area contributed by atoms with Gasteiger partial charge in [0.05, 0.1) is 5.02 Å². The maximum absolute atomic E-state index is 13.0. The zero-order chi connectivity index (χ0) is 11.5. The van der Waals surface area contributed by atoms with Crippen molar-refractivity contribution in [2.75, 3.05) is 0 Å². The zero-order valence-electron chi connectivity index (χ0n) is 8.93. The van der Waals surface area contributed by atoms with Gasteiger partial charge in [0.15, 0.2) is 0 Å². The van der Waals surface area contributed by atoms with Crippen molar-refractivity contribution in [3.63, 3.8) is 0 Å². The van der Waals surface area contributed by atoms with Crippen molar-refractivity contribution >= 4 is 11.6 Å². The molecule has 16 heavy (non-hydrogen) atoms. The van der Waals surface area contributed by atoms with Crippen LogP contribution in [0, 0.1) is 11.9 Å². The zero-order valence-corrected chi connectivity index (χ0v) is 9.68. The lowest BCUT2D eigenvalue weighted by Gasteiger charge is -2.04. The lowest BCUT2D eigenvalue weighted by Crippen LogP contribution is -1.84. The van der Waals surface area contributed by atoms with E-state index < -0.39 is 5.82 Å². The minimum Gasteiger partial charge on any atom is -0.205 e. The van der Waals surface area contributed by atoms with Crippen LogP contribution in [0.25, 0.3) is 11.1 Å². The van der Waals surface area contributed by atoms with Gasteiger partial charge in [0.1, 0.15) is 5.82 Å². The van der Waals surface area contributed by atoms with Crippen molar-refractivity contribution < 1.29 is 4.39 Å². The van der Waals surface area contributed by atoms with Crippen molar-refractivity contribution in [2.24, 2.45) is 0 Å². The number of hydrogen-bond donors (Lipinski definition) is 0. The molecule has 0 nitrogen and oxygen atoms in total. The Morgan fingerprint density at radius 2 is 2.06 bits per heavy atom. The van der Waals surface area contributed by atoms with Crippen LogP contribution in [-0.4, -0.2) is 0 Å². The summed E-state index contributed by atoms with van der Waals surface area (Å²) >= 11 is 5.75. The van der Waals surface area contributed by atoms with Gasteiger partial charge in [-0.25, -0.2) is 4.39 Å². The molecule has 0 saturated heterocycles. The van der Waals surface area contributed by atoms with Crippen LogP contribution in [0.1, 0.15) is 12.5 Å². The second-order valence-corrected chi connectivity index (χ2v) is 4.00. The van der Waals surface area contributed by atoms with Gasteiger partial charge in [0.2, 0.25) is 0 Å². The van der Waals surface area contributed by atoms with E-state index in [-0.39, 0.29) is 5.02 Å². The Balaban J connectivity index is 2.46. The fourth-order valence-corrected chi connectivity index (χ4v) is 1.74. The summed E-state index contributed by atoms with van der Waals surface area (Å²) in [5.74, 6) is -0.392. The Kier molecular flexibility index (Phi) is 3.25. The first-order chi connectivity index (χ1) is 7.70. The molecule has 2 aromatic rings. The standard InChI is InChI=1S/C14H11ClF/c1-2-10-4-3-5-11(8-10)12-6-7-14(16)13(15)9-12/h3-4,6-9H,2H2,1H3. The summed E-state index contributed by atoms with van der Waals surface area (Å²) < 4.78 is 13.0. The van der Waals surface area contributed by atoms with Gasteiger partial charge >= 0.3 is 0 Å². The van der Waals surface area contributed by atoms with Crippen LogP contribution in [0.4, 0.5) is 4.39 Å². The molecular formula is C14H11ClF. The molecular weight excluding hydrogens is 223 g/mol. The van der Waals surface area contributed by atoms with Gasteiger partial charge in [0, 0.05) is 0 Å².